The molecular weight excluding hydrogens is 216 g/mol. The number of hydrogen-bond acceptors (Lipinski definition) is 6. The van der Waals surface area contributed by atoms with E-state index in [4.69, 9.17) is 9.84 Å². The highest BCUT2D eigenvalue weighted by atomic mass is 32.3. The molecular formula is C6H10O7S. The first kappa shape index (κ1) is 11.4. The normalized spacial score (nSPS) is 25.0. The second-order valence-electron chi connectivity index (χ2n) is 2.77. The molecule has 0 spiro atoms. The van der Waals surface area contributed by atoms with Gasteiger partial charge < -0.3 is 9.84 Å². The van der Waals surface area contributed by atoms with Crippen molar-refractivity contribution in [3.05, 3.63) is 0 Å². The number of ether oxygens (including phenoxy) is 1. The Morgan fingerprint density at radius 1 is 1.57 bits per heavy atom. The fourth-order valence-corrected chi connectivity index (χ4v) is 1.56. The molecule has 0 radical (unpaired) electrons. The van der Waals surface area contributed by atoms with Crippen LogP contribution in [0.15, 0.2) is 0 Å². The van der Waals surface area contributed by atoms with Gasteiger partial charge in [-0.1, -0.05) is 6.92 Å². The highest BCUT2D eigenvalue weighted by Gasteiger charge is 2.61. The number of hydrogen-bond donors (Lipinski definition) is 1. The fraction of sp³-hybridized carbons (Fsp3) is 0.833. The van der Waals surface area contributed by atoms with E-state index in [1.54, 1.807) is 13.8 Å². The summed E-state index contributed by atoms with van der Waals surface area (Å²) in [4.78, 5) is 10.6. The summed E-state index contributed by atoms with van der Waals surface area (Å²) < 4.78 is 33.9. The number of carboxylic acid groups (broad SMARTS) is 1. The summed E-state index contributed by atoms with van der Waals surface area (Å²) >= 11 is 0. The summed E-state index contributed by atoms with van der Waals surface area (Å²) in [5.41, 5.74) is 0. The van der Waals surface area contributed by atoms with Gasteiger partial charge in [0.15, 0.2) is 0 Å². The van der Waals surface area contributed by atoms with E-state index in [-0.39, 0.29) is 0 Å². The lowest BCUT2D eigenvalue weighted by atomic mass is 10.3. The van der Waals surface area contributed by atoms with Gasteiger partial charge in [0.1, 0.15) is 0 Å². The number of rotatable bonds is 4. The summed E-state index contributed by atoms with van der Waals surface area (Å²) in [6, 6.07) is 0. The lowest BCUT2D eigenvalue weighted by Gasteiger charge is -2.35. The number of aliphatic carboxylic acids is 1. The zero-order valence-corrected chi connectivity index (χ0v) is 8.41. The second-order valence-corrected chi connectivity index (χ2v) is 3.92. The molecule has 1 atom stereocenters. The molecule has 1 aliphatic heterocycles. The van der Waals surface area contributed by atoms with Crippen LogP contribution in [0.1, 0.15) is 20.3 Å². The van der Waals surface area contributed by atoms with Crippen LogP contribution in [0.3, 0.4) is 0 Å². The Hall–Kier alpha value is -0.700. The first-order chi connectivity index (χ1) is 6.31. The predicted octanol–water partition coefficient (Wildman–Crippen LogP) is -0.168. The molecule has 0 amide bonds. The maximum Gasteiger partial charge on any atom is 0.419 e. The van der Waals surface area contributed by atoms with Crippen LogP contribution in [0.2, 0.25) is 0 Å². The minimum Gasteiger partial charge on any atom is -0.475 e. The van der Waals surface area contributed by atoms with Gasteiger partial charge in [0.05, 0.1) is 6.10 Å². The summed E-state index contributed by atoms with van der Waals surface area (Å²) in [5, 5.41) is 8.62. The Bertz CT molecular complexity index is 320. The van der Waals surface area contributed by atoms with E-state index < -0.39 is 28.4 Å². The van der Waals surface area contributed by atoms with E-state index >= 15 is 0 Å². The van der Waals surface area contributed by atoms with Gasteiger partial charge in [-0.2, -0.15) is 16.8 Å². The van der Waals surface area contributed by atoms with Gasteiger partial charge >= 0.3 is 22.3 Å². The monoisotopic (exact) mass is 226 g/mol. The van der Waals surface area contributed by atoms with Crippen LogP contribution >= 0.6 is 0 Å². The van der Waals surface area contributed by atoms with Crippen molar-refractivity contribution in [3.63, 3.8) is 0 Å². The molecule has 82 valence electrons. The summed E-state index contributed by atoms with van der Waals surface area (Å²) in [7, 11) is -4.19. The van der Waals surface area contributed by atoms with Crippen molar-refractivity contribution in [2.45, 2.75) is 32.3 Å². The third-order valence-electron chi connectivity index (χ3n) is 1.62. The zero-order valence-electron chi connectivity index (χ0n) is 7.59. The molecule has 0 bridgehead atoms. The molecule has 1 fully saturated rings. The SMILES string of the molecule is CCC(C)OC1(C(=O)O)OS(=O)(=O)O1. The lowest BCUT2D eigenvalue weighted by Crippen LogP contribution is -2.59. The van der Waals surface area contributed by atoms with Crippen molar-refractivity contribution in [1.29, 1.82) is 0 Å². The first-order valence-electron chi connectivity index (χ1n) is 3.89. The van der Waals surface area contributed by atoms with Crippen LogP contribution < -0.4 is 0 Å². The smallest absolute Gasteiger partial charge is 0.419 e. The third kappa shape index (κ3) is 2.03. The minimum absolute atomic E-state index is 0.485. The quantitative estimate of drug-likeness (QED) is 0.710. The summed E-state index contributed by atoms with van der Waals surface area (Å²) in [6.45, 7) is 3.32. The third-order valence-corrected chi connectivity index (χ3v) is 2.46. The van der Waals surface area contributed by atoms with Crippen LogP contribution in [0.4, 0.5) is 0 Å². The van der Waals surface area contributed by atoms with E-state index in [0.29, 0.717) is 6.42 Å². The molecule has 0 aromatic heterocycles. The second kappa shape index (κ2) is 3.46. The highest BCUT2D eigenvalue weighted by Crippen LogP contribution is 2.33. The van der Waals surface area contributed by atoms with Crippen LogP contribution in [0.25, 0.3) is 0 Å². The Kier molecular flexibility index (Phi) is 2.81. The summed E-state index contributed by atoms with van der Waals surface area (Å²) in [6.07, 6.45) is 0.0172. The highest BCUT2D eigenvalue weighted by molar-refractivity contribution is 7.82. The zero-order chi connectivity index (χ0) is 11.0. The molecule has 1 heterocycles. The van der Waals surface area contributed by atoms with Gasteiger partial charge in [-0.05, 0) is 13.3 Å². The van der Waals surface area contributed by atoms with E-state index in [2.05, 4.69) is 8.37 Å². The average molecular weight is 226 g/mol. The first-order valence-corrected chi connectivity index (χ1v) is 5.22. The predicted molar refractivity (Wildman–Crippen MR) is 42.3 cm³/mol. The topological polar surface area (TPSA) is 99.1 Å². The van der Waals surface area contributed by atoms with E-state index in [0.717, 1.165) is 0 Å². The Balaban J connectivity index is 2.73. The molecule has 1 rings (SSSR count). The maximum atomic E-state index is 10.6. The van der Waals surface area contributed by atoms with Crippen molar-refractivity contribution >= 4 is 16.4 Å². The van der Waals surface area contributed by atoms with Crippen molar-refractivity contribution < 1.29 is 31.4 Å². The van der Waals surface area contributed by atoms with Gasteiger partial charge in [-0.15, -0.1) is 0 Å². The molecule has 0 aromatic rings. The molecule has 7 nitrogen and oxygen atoms in total. The lowest BCUT2D eigenvalue weighted by molar-refractivity contribution is -0.346. The van der Waals surface area contributed by atoms with Crippen LogP contribution in [0.5, 0.6) is 0 Å². The number of carbonyl (C=O) groups is 1. The molecule has 1 aliphatic rings. The van der Waals surface area contributed by atoms with E-state index in [1.807, 2.05) is 0 Å². The van der Waals surface area contributed by atoms with Gasteiger partial charge in [0.25, 0.3) is 0 Å². The minimum atomic E-state index is -4.19. The summed E-state index contributed by atoms with van der Waals surface area (Å²) in [5.74, 6) is -4.12. The average Bonchev–Trinajstić information content (AvgIpc) is 2.00. The molecule has 8 heteroatoms. The molecule has 0 aromatic carbocycles. The largest absolute Gasteiger partial charge is 0.475 e. The molecule has 14 heavy (non-hydrogen) atoms. The molecule has 0 aliphatic carbocycles. The van der Waals surface area contributed by atoms with Crippen molar-refractivity contribution in [2.24, 2.45) is 0 Å². The van der Waals surface area contributed by atoms with Crippen LogP contribution in [-0.2, 0) is 28.3 Å². The Morgan fingerprint density at radius 2 is 2.07 bits per heavy atom. The maximum absolute atomic E-state index is 10.6. The Labute approximate surface area is 80.9 Å². The van der Waals surface area contributed by atoms with E-state index in [9.17, 15) is 13.2 Å². The Morgan fingerprint density at radius 3 is 2.36 bits per heavy atom. The fourth-order valence-electron chi connectivity index (χ4n) is 0.784. The van der Waals surface area contributed by atoms with Crippen molar-refractivity contribution in [2.75, 3.05) is 0 Å². The van der Waals surface area contributed by atoms with Crippen molar-refractivity contribution in [3.8, 4) is 0 Å². The standard InChI is InChI=1S/C6H10O7S/c1-3-4(2)11-6(5(7)8)12-14(9,10)13-6/h4H,3H2,1-2H3,(H,7,8). The molecule has 1 N–H and O–H groups in total. The molecule has 1 saturated heterocycles. The van der Waals surface area contributed by atoms with Gasteiger partial charge in [-0.3, -0.25) is 0 Å². The van der Waals surface area contributed by atoms with Gasteiger partial charge in [0, 0.05) is 0 Å². The molecule has 0 saturated carbocycles. The van der Waals surface area contributed by atoms with Gasteiger partial charge in [0.2, 0.25) is 0 Å². The van der Waals surface area contributed by atoms with E-state index in [1.165, 1.54) is 0 Å². The molecule has 1 unspecified atom stereocenters. The van der Waals surface area contributed by atoms with Crippen molar-refractivity contribution in [1.82, 2.24) is 0 Å². The van der Waals surface area contributed by atoms with Crippen LogP contribution in [-0.4, -0.2) is 31.6 Å². The van der Waals surface area contributed by atoms with Gasteiger partial charge in [-0.25, -0.2) is 4.79 Å². The van der Waals surface area contributed by atoms with Crippen LogP contribution in [0, 0.1) is 0 Å². The number of carboxylic acids is 1.